The van der Waals surface area contributed by atoms with Crippen LogP contribution >= 0.6 is 46.1 Å². The van der Waals surface area contributed by atoms with E-state index in [-0.39, 0.29) is 24.3 Å². The molecule has 238 valence electrons. The molecule has 1 aromatic heterocycles. The Bertz CT molecular complexity index is 2180. The third-order valence-electron chi connectivity index (χ3n) is 7.44. The van der Waals surface area contributed by atoms with Crippen LogP contribution in [0.25, 0.3) is 11.8 Å². The van der Waals surface area contributed by atoms with E-state index >= 15 is 0 Å². The Kier molecular flexibility index (Phi) is 9.84. The number of aromatic nitrogens is 1. The molecule has 5 aromatic rings. The zero-order valence-corrected chi connectivity index (χ0v) is 28.3. The Morgan fingerprint density at radius 3 is 2.43 bits per heavy atom. The van der Waals surface area contributed by atoms with Crippen molar-refractivity contribution in [2.75, 3.05) is 13.7 Å². The molecule has 7 nitrogen and oxygen atoms in total. The first-order chi connectivity index (χ1) is 22.8. The predicted molar refractivity (Wildman–Crippen MR) is 186 cm³/mol. The SMILES string of the molecule is CCOC(=O)C1=C(c2ccccc2)N=c2s/c(=C\c3cccc(OC)c3OCc3ccc(Cl)c(Cl)c3)c(=O)n2[C@H]1c1ccc(Cl)cc1. The molecule has 0 bridgehead atoms. The molecule has 0 radical (unpaired) electrons. The first kappa shape index (κ1) is 32.6. The van der Waals surface area contributed by atoms with Gasteiger partial charge in [-0.1, -0.05) is 107 Å². The Morgan fingerprint density at radius 2 is 1.72 bits per heavy atom. The summed E-state index contributed by atoms with van der Waals surface area (Å²) < 4.78 is 19.3. The second kappa shape index (κ2) is 14.2. The molecule has 11 heteroatoms. The lowest BCUT2D eigenvalue weighted by molar-refractivity contribution is -0.138. The molecular formula is C36H27Cl3N2O5S. The fourth-order valence-corrected chi connectivity index (χ4v) is 6.73. The third kappa shape index (κ3) is 6.73. The topological polar surface area (TPSA) is 79.1 Å². The van der Waals surface area contributed by atoms with E-state index < -0.39 is 12.0 Å². The molecule has 0 fully saturated rings. The number of rotatable bonds is 9. The van der Waals surface area contributed by atoms with Crippen molar-refractivity contribution in [2.45, 2.75) is 19.6 Å². The summed E-state index contributed by atoms with van der Waals surface area (Å²) in [7, 11) is 1.55. The first-order valence-electron chi connectivity index (χ1n) is 14.6. The number of carbonyl (C=O) groups excluding carboxylic acids is 1. The number of esters is 1. The molecule has 1 atom stereocenters. The van der Waals surface area contributed by atoms with E-state index in [1.807, 2.05) is 48.5 Å². The largest absolute Gasteiger partial charge is 0.493 e. The third-order valence-corrected chi connectivity index (χ3v) is 9.42. The summed E-state index contributed by atoms with van der Waals surface area (Å²) in [4.78, 5) is 33.3. The molecule has 47 heavy (non-hydrogen) atoms. The van der Waals surface area contributed by atoms with Crippen LogP contribution in [0.5, 0.6) is 11.5 Å². The molecule has 2 heterocycles. The number of fused-ring (bicyclic) bond motifs is 1. The maximum atomic E-state index is 14.3. The van der Waals surface area contributed by atoms with Crippen molar-refractivity contribution in [3.63, 3.8) is 0 Å². The molecule has 1 aliphatic heterocycles. The Morgan fingerprint density at radius 1 is 0.957 bits per heavy atom. The van der Waals surface area contributed by atoms with Gasteiger partial charge in [-0.25, -0.2) is 9.79 Å². The highest BCUT2D eigenvalue weighted by Crippen LogP contribution is 2.36. The van der Waals surface area contributed by atoms with Crippen LogP contribution in [0.3, 0.4) is 0 Å². The van der Waals surface area contributed by atoms with Gasteiger partial charge in [-0.2, -0.15) is 0 Å². The van der Waals surface area contributed by atoms with E-state index in [4.69, 9.17) is 54.0 Å². The summed E-state index contributed by atoms with van der Waals surface area (Å²) in [6, 6.07) is 26.3. The van der Waals surface area contributed by atoms with Crippen molar-refractivity contribution in [1.29, 1.82) is 0 Å². The van der Waals surface area contributed by atoms with E-state index in [0.29, 0.717) is 52.7 Å². The normalized spacial score (nSPS) is 14.4. The zero-order chi connectivity index (χ0) is 33.1. The molecule has 0 saturated carbocycles. The molecule has 0 N–H and O–H groups in total. The number of carbonyl (C=O) groups is 1. The van der Waals surface area contributed by atoms with Crippen LogP contribution in [-0.4, -0.2) is 24.3 Å². The van der Waals surface area contributed by atoms with E-state index in [2.05, 4.69) is 0 Å². The lowest BCUT2D eigenvalue weighted by atomic mass is 9.93. The van der Waals surface area contributed by atoms with Gasteiger partial charge in [0, 0.05) is 16.1 Å². The molecule has 0 spiro atoms. The van der Waals surface area contributed by atoms with Crippen LogP contribution in [0.4, 0.5) is 0 Å². The smallest absolute Gasteiger partial charge is 0.338 e. The monoisotopic (exact) mass is 704 g/mol. The number of para-hydroxylation sites is 1. The van der Waals surface area contributed by atoms with Crippen LogP contribution in [0.1, 0.15) is 35.2 Å². The Hall–Kier alpha value is -4.34. The van der Waals surface area contributed by atoms with Crippen molar-refractivity contribution in [3.05, 3.63) is 154 Å². The number of benzene rings is 4. The second-order valence-corrected chi connectivity index (χ2v) is 12.7. The van der Waals surface area contributed by atoms with E-state index in [9.17, 15) is 9.59 Å². The number of ether oxygens (including phenoxy) is 3. The zero-order valence-electron chi connectivity index (χ0n) is 25.2. The highest BCUT2D eigenvalue weighted by atomic mass is 35.5. The molecule has 0 aliphatic carbocycles. The maximum Gasteiger partial charge on any atom is 0.338 e. The number of hydrogen-bond donors (Lipinski definition) is 0. The molecular weight excluding hydrogens is 679 g/mol. The number of nitrogens with zero attached hydrogens (tertiary/aromatic N) is 2. The van der Waals surface area contributed by atoms with Crippen molar-refractivity contribution >= 4 is 63.9 Å². The van der Waals surface area contributed by atoms with Gasteiger partial charge in [-0.3, -0.25) is 9.36 Å². The quantitative estimate of drug-likeness (QED) is 0.149. The summed E-state index contributed by atoms with van der Waals surface area (Å²) in [6.07, 6.45) is 1.74. The Balaban J connectivity index is 1.54. The van der Waals surface area contributed by atoms with Crippen LogP contribution in [0.15, 0.2) is 106 Å². The van der Waals surface area contributed by atoms with Gasteiger partial charge in [0.15, 0.2) is 16.3 Å². The number of thiazole rings is 1. The molecule has 0 saturated heterocycles. The Labute approximate surface area is 289 Å². The summed E-state index contributed by atoms with van der Waals surface area (Å²) in [5.74, 6) is 0.370. The van der Waals surface area contributed by atoms with Crippen LogP contribution in [0, 0.1) is 0 Å². The summed E-state index contributed by atoms with van der Waals surface area (Å²) in [5.41, 5.74) is 3.18. The van der Waals surface area contributed by atoms with E-state index in [1.165, 1.54) is 15.9 Å². The van der Waals surface area contributed by atoms with Gasteiger partial charge in [0.05, 0.1) is 45.6 Å². The van der Waals surface area contributed by atoms with E-state index in [1.54, 1.807) is 62.6 Å². The van der Waals surface area contributed by atoms with Crippen LogP contribution in [0.2, 0.25) is 15.1 Å². The number of methoxy groups -OCH3 is 1. The lowest BCUT2D eigenvalue weighted by Gasteiger charge is -2.26. The van der Waals surface area contributed by atoms with Crippen molar-refractivity contribution in [1.82, 2.24) is 4.57 Å². The van der Waals surface area contributed by atoms with Crippen molar-refractivity contribution in [2.24, 2.45) is 4.99 Å². The number of hydrogen-bond acceptors (Lipinski definition) is 7. The fraction of sp³-hybridized carbons (Fsp3) is 0.139. The predicted octanol–water partition coefficient (Wildman–Crippen LogP) is 7.48. The summed E-state index contributed by atoms with van der Waals surface area (Å²) in [5, 5.41) is 1.39. The van der Waals surface area contributed by atoms with Gasteiger partial charge in [0.25, 0.3) is 5.56 Å². The number of halogens is 3. The van der Waals surface area contributed by atoms with Crippen molar-refractivity contribution < 1.29 is 19.0 Å². The van der Waals surface area contributed by atoms with Gasteiger partial charge in [-0.15, -0.1) is 0 Å². The lowest BCUT2D eigenvalue weighted by Crippen LogP contribution is -2.40. The van der Waals surface area contributed by atoms with Crippen molar-refractivity contribution in [3.8, 4) is 11.5 Å². The summed E-state index contributed by atoms with van der Waals surface area (Å²) in [6.45, 7) is 2.07. The van der Waals surface area contributed by atoms with E-state index in [0.717, 1.165) is 11.1 Å². The highest BCUT2D eigenvalue weighted by Gasteiger charge is 2.35. The minimum absolute atomic E-state index is 0.156. The highest BCUT2D eigenvalue weighted by molar-refractivity contribution is 7.07. The maximum absolute atomic E-state index is 14.3. The van der Waals surface area contributed by atoms with Gasteiger partial charge < -0.3 is 14.2 Å². The summed E-state index contributed by atoms with van der Waals surface area (Å²) >= 11 is 19.8. The minimum atomic E-state index is -0.824. The molecule has 0 amide bonds. The molecule has 0 unspecified atom stereocenters. The minimum Gasteiger partial charge on any atom is -0.493 e. The average Bonchev–Trinajstić information content (AvgIpc) is 3.39. The molecule has 1 aliphatic rings. The van der Waals surface area contributed by atoms with Crippen LogP contribution < -0.4 is 24.4 Å². The van der Waals surface area contributed by atoms with Crippen LogP contribution in [-0.2, 0) is 16.1 Å². The first-order valence-corrected chi connectivity index (χ1v) is 16.5. The van der Waals surface area contributed by atoms with Gasteiger partial charge in [0.2, 0.25) is 0 Å². The standard InChI is InChI=1S/C36H27Cl3N2O5S/c1-3-45-35(43)30-31(22-8-5-4-6-9-22)40-36-41(32(30)23-13-15-25(37)16-14-23)34(42)29(47-36)19-24-10-7-11-28(44-2)33(24)46-20-21-12-17-26(38)27(39)18-21/h4-19,32H,3,20H2,1-2H3/b29-19-/t32-/m0/s1. The molecule has 4 aromatic carbocycles. The second-order valence-electron chi connectivity index (χ2n) is 10.4. The van der Waals surface area contributed by atoms with Gasteiger partial charge in [0.1, 0.15) is 6.61 Å². The molecule has 6 rings (SSSR count). The average molecular weight is 706 g/mol. The van der Waals surface area contributed by atoms with Gasteiger partial charge >= 0.3 is 5.97 Å². The van der Waals surface area contributed by atoms with Gasteiger partial charge in [-0.05, 0) is 54.5 Å². The fourth-order valence-electron chi connectivity index (χ4n) is 5.29.